The van der Waals surface area contributed by atoms with Gasteiger partial charge in [0.15, 0.2) is 17.3 Å². The van der Waals surface area contributed by atoms with Crippen molar-refractivity contribution in [3.8, 4) is 23.0 Å². The first kappa shape index (κ1) is 37.2. The second kappa shape index (κ2) is 24.4. The minimum atomic E-state index is -0.121. The van der Waals surface area contributed by atoms with Gasteiger partial charge in [0.1, 0.15) is 11.5 Å². The molecule has 2 rings (SSSR count). The van der Waals surface area contributed by atoms with E-state index >= 15 is 0 Å². The zero-order valence-electron chi connectivity index (χ0n) is 28.3. The molecule has 0 unspecified atom stereocenters. The van der Waals surface area contributed by atoms with E-state index in [0.717, 1.165) is 62.0 Å². The highest BCUT2D eigenvalue weighted by atomic mass is 16.5. The highest BCUT2D eigenvalue weighted by Gasteiger charge is 2.17. The van der Waals surface area contributed by atoms with Crippen LogP contribution in [0.3, 0.4) is 0 Å². The largest absolute Gasteiger partial charge is 0.494 e. The first-order valence-electron chi connectivity index (χ1n) is 17.6. The van der Waals surface area contributed by atoms with Gasteiger partial charge >= 0.3 is 0 Å². The number of hydrogen-bond donors (Lipinski definition) is 0. The topological polar surface area (TPSA) is 54.0 Å². The van der Waals surface area contributed by atoms with Crippen molar-refractivity contribution in [2.24, 2.45) is 0 Å². The maximum atomic E-state index is 13.6. The van der Waals surface area contributed by atoms with Crippen molar-refractivity contribution in [3.05, 3.63) is 53.6 Å². The van der Waals surface area contributed by atoms with Gasteiger partial charge in [-0.05, 0) is 68.2 Å². The highest BCUT2D eigenvalue weighted by molar-refractivity contribution is 6.09. The standard InChI is InChI=1S/C39H60O5/c1-5-9-13-17-28-41-34-25-27-37(42-29-18-14-10-6-2)33(32-34)24-26-36(40)35-22-21-23-38(43-30-19-15-11-7-3)39(35)44-31-20-16-12-8-4/h21-27,32H,5-20,28-31H2,1-4H3. The number of ketones is 1. The third kappa shape index (κ3) is 15.2. The summed E-state index contributed by atoms with van der Waals surface area (Å²) in [4.78, 5) is 13.6. The van der Waals surface area contributed by atoms with Crippen molar-refractivity contribution in [1.29, 1.82) is 0 Å². The second-order valence-electron chi connectivity index (χ2n) is 11.7. The van der Waals surface area contributed by atoms with Crippen molar-refractivity contribution < 1.29 is 23.7 Å². The molecule has 44 heavy (non-hydrogen) atoms. The van der Waals surface area contributed by atoms with Gasteiger partial charge in [-0.1, -0.05) is 111 Å². The van der Waals surface area contributed by atoms with Gasteiger partial charge in [-0.3, -0.25) is 4.79 Å². The van der Waals surface area contributed by atoms with Crippen LogP contribution in [0.1, 0.15) is 146 Å². The van der Waals surface area contributed by atoms with Crippen LogP contribution < -0.4 is 18.9 Å². The molecule has 0 spiro atoms. The molecule has 0 saturated heterocycles. The molecule has 246 valence electrons. The normalized spacial score (nSPS) is 11.2. The molecule has 0 aliphatic heterocycles. The van der Waals surface area contributed by atoms with Crippen LogP contribution in [0.5, 0.6) is 23.0 Å². The number of hydrogen-bond acceptors (Lipinski definition) is 5. The number of unbranched alkanes of at least 4 members (excludes halogenated alkanes) is 12. The van der Waals surface area contributed by atoms with Crippen molar-refractivity contribution in [2.45, 2.75) is 130 Å². The predicted octanol–water partition coefficient (Wildman–Crippen LogP) is 11.4. The molecule has 0 amide bonds. The summed E-state index contributed by atoms with van der Waals surface area (Å²) in [6.45, 7) is 11.3. The maximum Gasteiger partial charge on any atom is 0.189 e. The van der Waals surface area contributed by atoms with Crippen LogP contribution >= 0.6 is 0 Å². The van der Waals surface area contributed by atoms with Crippen LogP contribution in [0.2, 0.25) is 0 Å². The summed E-state index contributed by atoms with van der Waals surface area (Å²) < 4.78 is 24.6. The van der Waals surface area contributed by atoms with Crippen molar-refractivity contribution in [1.82, 2.24) is 0 Å². The Hall–Kier alpha value is -2.95. The van der Waals surface area contributed by atoms with E-state index in [1.807, 2.05) is 42.5 Å². The number of carbonyl (C=O) groups is 1. The van der Waals surface area contributed by atoms with Crippen LogP contribution in [0.15, 0.2) is 42.5 Å². The lowest BCUT2D eigenvalue weighted by molar-refractivity contribution is 0.104. The fraction of sp³-hybridized carbons (Fsp3) is 0.615. The fourth-order valence-corrected chi connectivity index (χ4v) is 4.95. The zero-order chi connectivity index (χ0) is 31.7. The summed E-state index contributed by atoms with van der Waals surface area (Å²) in [5, 5.41) is 0. The minimum Gasteiger partial charge on any atom is -0.494 e. The number of rotatable bonds is 27. The molecular weight excluding hydrogens is 548 g/mol. The summed E-state index contributed by atoms with van der Waals surface area (Å²) in [6, 6.07) is 11.5. The van der Waals surface area contributed by atoms with Gasteiger partial charge in [0.25, 0.3) is 0 Å². The monoisotopic (exact) mass is 608 g/mol. The van der Waals surface area contributed by atoms with Crippen LogP contribution in [-0.4, -0.2) is 32.2 Å². The summed E-state index contributed by atoms with van der Waals surface area (Å²) in [7, 11) is 0. The molecule has 0 N–H and O–H groups in total. The average Bonchev–Trinajstić information content (AvgIpc) is 3.04. The molecule has 0 bridgehead atoms. The quantitative estimate of drug-likeness (QED) is 0.0574. The van der Waals surface area contributed by atoms with E-state index in [4.69, 9.17) is 18.9 Å². The Balaban J connectivity index is 2.24. The van der Waals surface area contributed by atoms with Crippen LogP contribution in [0.25, 0.3) is 6.08 Å². The van der Waals surface area contributed by atoms with E-state index in [1.54, 1.807) is 6.08 Å². The van der Waals surface area contributed by atoms with Gasteiger partial charge < -0.3 is 18.9 Å². The van der Waals surface area contributed by atoms with Crippen LogP contribution in [0, 0.1) is 0 Å². The molecule has 0 radical (unpaired) electrons. The van der Waals surface area contributed by atoms with Crippen LogP contribution in [0.4, 0.5) is 0 Å². The lowest BCUT2D eigenvalue weighted by Crippen LogP contribution is -2.07. The first-order chi connectivity index (χ1) is 21.6. The Kier molecular flexibility index (Phi) is 20.6. The summed E-state index contributed by atoms with van der Waals surface area (Å²) >= 11 is 0. The Morgan fingerprint density at radius 3 is 1.66 bits per heavy atom. The van der Waals surface area contributed by atoms with Gasteiger partial charge in [0, 0.05) is 5.56 Å². The molecule has 0 fully saturated rings. The third-order valence-electron chi connectivity index (χ3n) is 7.66. The first-order valence-corrected chi connectivity index (χ1v) is 17.6. The molecule has 0 aliphatic carbocycles. The van der Waals surface area contributed by atoms with E-state index in [1.165, 1.54) is 57.8 Å². The average molecular weight is 609 g/mol. The SMILES string of the molecule is CCCCCCOc1ccc(OCCCCCC)c(C=CC(=O)c2cccc(OCCCCCC)c2OCCCCCC)c1. The lowest BCUT2D eigenvalue weighted by atomic mass is 10.1. The summed E-state index contributed by atoms with van der Waals surface area (Å²) in [5.74, 6) is 2.63. The summed E-state index contributed by atoms with van der Waals surface area (Å²) in [6.07, 6.45) is 21.6. The summed E-state index contributed by atoms with van der Waals surface area (Å²) in [5.41, 5.74) is 1.36. The smallest absolute Gasteiger partial charge is 0.189 e. The number of ether oxygens (including phenoxy) is 4. The number of para-hydroxylation sites is 1. The molecule has 0 saturated carbocycles. The highest BCUT2D eigenvalue weighted by Crippen LogP contribution is 2.33. The molecule has 5 heteroatoms. The molecule has 2 aromatic rings. The number of allylic oxidation sites excluding steroid dienone is 1. The Bertz CT molecular complexity index is 1060. The molecule has 0 aromatic heterocycles. The third-order valence-corrected chi connectivity index (χ3v) is 7.66. The molecule has 0 heterocycles. The van der Waals surface area contributed by atoms with Crippen molar-refractivity contribution in [2.75, 3.05) is 26.4 Å². The Morgan fingerprint density at radius 2 is 1.09 bits per heavy atom. The van der Waals surface area contributed by atoms with E-state index in [9.17, 15) is 4.79 Å². The molecule has 2 aromatic carbocycles. The molecule has 0 aliphatic rings. The van der Waals surface area contributed by atoms with E-state index in [-0.39, 0.29) is 5.78 Å². The Labute approximate surface area is 268 Å². The van der Waals surface area contributed by atoms with Gasteiger partial charge in [0.2, 0.25) is 0 Å². The number of benzene rings is 2. The van der Waals surface area contributed by atoms with Gasteiger partial charge in [-0.15, -0.1) is 0 Å². The Morgan fingerprint density at radius 1 is 0.568 bits per heavy atom. The molecular formula is C39H60O5. The lowest BCUT2D eigenvalue weighted by Gasteiger charge is -2.16. The van der Waals surface area contributed by atoms with E-state index in [0.29, 0.717) is 43.5 Å². The van der Waals surface area contributed by atoms with Crippen LogP contribution in [-0.2, 0) is 0 Å². The molecule has 0 atom stereocenters. The second-order valence-corrected chi connectivity index (χ2v) is 11.7. The predicted molar refractivity (Wildman–Crippen MR) is 185 cm³/mol. The fourth-order valence-electron chi connectivity index (χ4n) is 4.95. The molecule has 5 nitrogen and oxygen atoms in total. The number of carbonyl (C=O) groups excluding carboxylic acids is 1. The van der Waals surface area contributed by atoms with Gasteiger partial charge in [-0.2, -0.15) is 0 Å². The zero-order valence-corrected chi connectivity index (χ0v) is 28.3. The van der Waals surface area contributed by atoms with Crippen molar-refractivity contribution in [3.63, 3.8) is 0 Å². The van der Waals surface area contributed by atoms with E-state index < -0.39 is 0 Å². The van der Waals surface area contributed by atoms with Gasteiger partial charge in [-0.25, -0.2) is 0 Å². The minimum absolute atomic E-state index is 0.121. The van der Waals surface area contributed by atoms with E-state index in [2.05, 4.69) is 27.7 Å². The van der Waals surface area contributed by atoms with Crippen molar-refractivity contribution >= 4 is 11.9 Å². The maximum absolute atomic E-state index is 13.6. The van der Waals surface area contributed by atoms with Gasteiger partial charge in [0.05, 0.1) is 32.0 Å².